The molecule has 0 amide bonds. The van der Waals surface area contributed by atoms with Crippen molar-refractivity contribution in [2.24, 2.45) is 4.99 Å². The summed E-state index contributed by atoms with van der Waals surface area (Å²) in [6.45, 7) is 3.74. The quantitative estimate of drug-likeness (QED) is 0.571. The van der Waals surface area contributed by atoms with Crippen molar-refractivity contribution in [2.45, 2.75) is 25.5 Å². The van der Waals surface area contributed by atoms with Crippen LogP contribution < -0.4 is 0 Å². The summed E-state index contributed by atoms with van der Waals surface area (Å²) in [6.07, 6.45) is 7.74. The highest BCUT2D eigenvalue weighted by atomic mass is 16.3. The van der Waals surface area contributed by atoms with Crippen molar-refractivity contribution in [3.63, 3.8) is 0 Å². The average Bonchev–Trinajstić information content (AvgIpc) is 2.25. The van der Waals surface area contributed by atoms with Crippen LogP contribution in [0.3, 0.4) is 0 Å². The molecule has 0 aromatic rings. The second-order valence-electron chi connectivity index (χ2n) is 3.47. The second kappa shape index (κ2) is 2.30. The number of aliphatic imine (C=N–C) groups is 1. The largest absolute Gasteiger partial charge is 0.383 e. The van der Waals surface area contributed by atoms with Gasteiger partial charge in [-0.25, -0.2) is 0 Å². The summed E-state index contributed by atoms with van der Waals surface area (Å²) in [7, 11) is 0. The molecule has 0 saturated carbocycles. The lowest BCUT2D eigenvalue weighted by molar-refractivity contribution is 0.0900. The molecule has 2 aliphatic rings. The van der Waals surface area contributed by atoms with Crippen molar-refractivity contribution < 1.29 is 5.11 Å². The molecule has 0 saturated heterocycles. The average molecular weight is 162 g/mol. The molecule has 1 radical (unpaired) electrons. The minimum absolute atomic E-state index is 0.0325. The summed E-state index contributed by atoms with van der Waals surface area (Å²) in [4.78, 5) is 4.35. The van der Waals surface area contributed by atoms with Crippen LogP contribution in [0.2, 0.25) is 0 Å². The molecule has 1 N–H and O–H groups in total. The first kappa shape index (κ1) is 7.74. The van der Waals surface area contributed by atoms with Gasteiger partial charge in [0.05, 0.1) is 11.8 Å². The van der Waals surface area contributed by atoms with E-state index in [4.69, 9.17) is 0 Å². The topological polar surface area (TPSA) is 32.6 Å². The standard InChI is InChI=1S/C10H12NO/c1-7-10(2,12)8-5-3-4-6-9(8)11-7/h3-7,12H,1-2H3/t7-,10-/m0/s1. The number of nitrogens with zero attached hydrogens (tertiary/aromatic N) is 1. The number of hydrogen-bond donors (Lipinski definition) is 1. The Labute approximate surface area is 72.3 Å². The summed E-state index contributed by atoms with van der Waals surface area (Å²) >= 11 is 0. The molecule has 0 unspecified atom stereocenters. The van der Waals surface area contributed by atoms with E-state index in [9.17, 15) is 5.11 Å². The maximum atomic E-state index is 10.0. The van der Waals surface area contributed by atoms with Crippen molar-refractivity contribution in [1.82, 2.24) is 0 Å². The Morgan fingerprint density at radius 3 is 3.00 bits per heavy atom. The van der Waals surface area contributed by atoms with E-state index in [0.29, 0.717) is 0 Å². The van der Waals surface area contributed by atoms with Gasteiger partial charge >= 0.3 is 0 Å². The smallest absolute Gasteiger partial charge is 0.111 e. The van der Waals surface area contributed by atoms with Crippen LogP contribution in [0.1, 0.15) is 13.8 Å². The van der Waals surface area contributed by atoms with Gasteiger partial charge in [0.1, 0.15) is 5.60 Å². The highest BCUT2D eigenvalue weighted by Gasteiger charge is 2.40. The molecule has 2 nitrogen and oxygen atoms in total. The van der Waals surface area contributed by atoms with Gasteiger partial charge in [-0.15, -0.1) is 0 Å². The minimum Gasteiger partial charge on any atom is -0.383 e. The summed E-state index contributed by atoms with van der Waals surface area (Å²) in [5.74, 6) is 0. The monoisotopic (exact) mass is 162 g/mol. The number of rotatable bonds is 0. The highest BCUT2D eigenvalue weighted by molar-refractivity contribution is 6.12. The van der Waals surface area contributed by atoms with Crippen molar-refractivity contribution in [3.05, 3.63) is 30.2 Å². The normalized spacial score (nSPS) is 39.1. The SMILES string of the molecule is C[C@@H]1N=C2C=C[CH]C=C2[C@@]1(C)O. The molecule has 1 aliphatic heterocycles. The Hall–Kier alpha value is -0.890. The molecule has 0 spiro atoms. The molecule has 0 aromatic heterocycles. The second-order valence-corrected chi connectivity index (χ2v) is 3.47. The first-order valence-electron chi connectivity index (χ1n) is 4.15. The van der Waals surface area contributed by atoms with Crippen LogP contribution in [0.15, 0.2) is 28.8 Å². The third kappa shape index (κ3) is 0.879. The highest BCUT2D eigenvalue weighted by Crippen LogP contribution is 2.33. The van der Waals surface area contributed by atoms with Crippen LogP contribution in [0.25, 0.3) is 0 Å². The summed E-state index contributed by atoms with van der Waals surface area (Å²) in [5.41, 5.74) is 1.09. The van der Waals surface area contributed by atoms with Crippen molar-refractivity contribution in [3.8, 4) is 0 Å². The van der Waals surface area contributed by atoms with E-state index in [-0.39, 0.29) is 6.04 Å². The molecule has 2 rings (SSSR count). The van der Waals surface area contributed by atoms with E-state index in [1.165, 1.54) is 0 Å². The zero-order valence-corrected chi connectivity index (χ0v) is 7.28. The maximum Gasteiger partial charge on any atom is 0.111 e. The lowest BCUT2D eigenvalue weighted by atomic mass is 9.87. The van der Waals surface area contributed by atoms with Gasteiger partial charge in [0.2, 0.25) is 0 Å². The molecule has 1 aliphatic carbocycles. The zero-order valence-electron chi connectivity index (χ0n) is 7.28. The Kier molecular flexibility index (Phi) is 1.48. The van der Waals surface area contributed by atoms with Crippen LogP contribution in [0, 0.1) is 6.42 Å². The minimum atomic E-state index is -0.781. The predicted octanol–water partition coefficient (Wildman–Crippen LogP) is 1.28. The molecular formula is C10H12NO. The molecule has 2 atom stereocenters. The Morgan fingerprint density at radius 1 is 1.58 bits per heavy atom. The summed E-state index contributed by atoms with van der Waals surface area (Å²) in [5, 5.41) is 10.0. The van der Waals surface area contributed by atoms with Gasteiger partial charge in [0.25, 0.3) is 0 Å². The molecule has 0 aromatic carbocycles. The van der Waals surface area contributed by atoms with Gasteiger partial charge < -0.3 is 5.11 Å². The van der Waals surface area contributed by atoms with E-state index in [0.717, 1.165) is 11.3 Å². The van der Waals surface area contributed by atoms with Crippen molar-refractivity contribution in [1.29, 1.82) is 0 Å². The number of aliphatic hydroxyl groups is 1. The van der Waals surface area contributed by atoms with E-state index in [1.54, 1.807) is 0 Å². The van der Waals surface area contributed by atoms with E-state index in [2.05, 4.69) is 4.99 Å². The first-order chi connectivity index (χ1) is 5.62. The maximum absolute atomic E-state index is 10.0. The van der Waals surface area contributed by atoms with Gasteiger partial charge in [0, 0.05) is 12.0 Å². The van der Waals surface area contributed by atoms with Gasteiger partial charge in [-0.3, -0.25) is 4.99 Å². The summed E-state index contributed by atoms with van der Waals surface area (Å²) < 4.78 is 0. The van der Waals surface area contributed by atoms with Crippen LogP contribution in [0.4, 0.5) is 0 Å². The molecule has 12 heavy (non-hydrogen) atoms. The van der Waals surface area contributed by atoms with Gasteiger partial charge in [0.15, 0.2) is 0 Å². The van der Waals surface area contributed by atoms with Crippen LogP contribution >= 0.6 is 0 Å². The van der Waals surface area contributed by atoms with Crippen LogP contribution in [0.5, 0.6) is 0 Å². The third-order valence-corrected chi connectivity index (χ3v) is 2.60. The van der Waals surface area contributed by atoms with E-state index in [1.807, 2.05) is 38.5 Å². The Bertz CT molecular complexity index is 297. The lowest BCUT2D eigenvalue weighted by Gasteiger charge is -2.23. The summed E-state index contributed by atoms with van der Waals surface area (Å²) in [6, 6.07) is -0.0325. The number of hydrogen-bond acceptors (Lipinski definition) is 2. The van der Waals surface area contributed by atoms with E-state index >= 15 is 0 Å². The van der Waals surface area contributed by atoms with Crippen LogP contribution in [-0.4, -0.2) is 22.5 Å². The lowest BCUT2D eigenvalue weighted by Crippen LogP contribution is -2.35. The fourth-order valence-electron chi connectivity index (χ4n) is 1.57. The Morgan fingerprint density at radius 2 is 2.33 bits per heavy atom. The van der Waals surface area contributed by atoms with Crippen molar-refractivity contribution >= 4 is 5.71 Å². The van der Waals surface area contributed by atoms with E-state index < -0.39 is 5.60 Å². The molecular weight excluding hydrogens is 150 g/mol. The Balaban J connectivity index is 2.45. The fourth-order valence-corrected chi connectivity index (χ4v) is 1.57. The van der Waals surface area contributed by atoms with Gasteiger partial charge in [-0.1, -0.05) is 12.2 Å². The molecule has 0 bridgehead atoms. The van der Waals surface area contributed by atoms with Crippen LogP contribution in [-0.2, 0) is 0 Å². The molecule has 0 fully saturated rings. The molecule has 2 heteroatoms. The van der Waals surface area contributed by atoms with Crippen molar-refractivity contribution in [2.75, 3.05) is 0 Å². The number of allylic oxidation sites excluding steroid dienone is 3. The fraction of sp³-hybridized carbons (Fsp3) is 0.400. The number of fused-ring (bicyclic) bond motifs is 1. The zero-order chi connectivity index (χ0) is 8.77. The van der Waals surface area contributed by atoms with Gasteiger partial charge in [-0.05, 0) is 19.9 Å². The molecule has 1 heterocycles. The predicted molar refractivity (Wildman–Crippen MR) is 49.0 cm³/mol. The first-order valence-corrected chi connectivity index (χ1v) is 4.15. The molecule has 63 valence electrons. The third-order valence-electron chi connectivity index (χ3n) is 2.60. The van der Waals surface area contributed by atoms with Gasteiger partial charge in [-0.2, -0.15) is 0 Å².